The summed E-state index contributed by atoms with van der Waals surface area (Å²) < 4.78 is 7.88. The van der Waals surface area contributed by atoms with E-state index in [9.17, 15) is 4.79 Å². The Balaban J connectivity index is 1.29. The highest BCUT2D eigenvalue weighted by Gasteiger charge is 2.30. The first-order valence-electron chi connectivity index (χ1n) is 9.19. The Hall–Kier alpha value is -2.14. The summed E-state index contributed by atoms with van der Waals surface area (Å²) >= 11 is 0. The quantitative estimate of drug-likeness (QED) is 0.841. The lowest BCUT2D eigenvalue weighted by atomic mass is 10.1. The zero-order valence-corrected chi connectivity index (χ0v) is 14.7. The summed E-state index contributed by atoms with van der Waals surface area (Å²) in [6.07, 6.45) is 4.45. The summed E-state index contributed by atoms with van der Waals surface area (Å²) in [5.74, 6) is 0.667. The van der Waals surface area contributed by atoms with Gasteiger partial charge in [-0.1, -0.05) is 30.3 Å². The second kappa shape index (κ2) is 7.00. The van der Waals surface area contributed by atoms with Crippen LogP contribution in [0.1, 0.15) is 53.3 Å². The van der Waals surface area contributed by atoms with E-state index in [4.69, 9.17) is 4.74 Å². The molecule has 1 amide bonds. The van der Waals surface area contributed by atoms with Gasteiger partial charge in [0.1, 0.15) is 0 Å². The molecule has 132 valence electrons. The van der Waals surface area contributed by atoms with Crippen LogP contribution in [0.2, 0.25) is 0 Å². The van der Waals surface area contributed by atoms with Gasteiger partial charge >= 0.3 is 0 Å². The molecule has 0 N–H and O–H groups in total. The number of aryl methyl sites for hydroxylation is 1. The molecule has 1 aromatic heterocycles. The molecule has 25 heavy (non-hydrogen) atoms. The number of aromatic nitrogens is 2. The minimum absolute atomic E-state index is 0.0593. The van der Waals surface area contributed by atoms with Crippen molar-refractivity contribution in [3.8, 4) is 0 Å². The predicted octanol–water partition coefficient (Wildman–Crippen LogP) is 3.12. The minimum Gasteiger partial charge on any atom is -0.373 e. The van der Waals surface area contributed by atoms with Crippen molar-refractivity contribution >= 4 is 5.91 Å². The third kappa shape index (κ3) is 3.76. The normalized spacial score (nSPS) is 18.5. The SMILES string of the molecule is Cn1nc(C(=O)N2CCC(OCc3ccccc3)CC2)cc1C1CC1. The first kappa shape index (κ1) is 16.3. The van der Waals surface area contributed by atoms with Crippen LogP contribution in [0.4, 0.5) is 0 Å². The standard InChI is InChI=1S/C20H25N3O2/c1-22-19(16-7-8-16)13-18(21-22)20(24)23-11-9-17(10-12-23)25-14-15-5-3-2-4-6-15/h2-6,13,16-17H,7-12,14H2,1H3. The number of amides is 1. The molecule has 0 unspecified atom stereocenters. The van der Waals surface area contributed by atoms with Gasteiger partial charge in [-0.25, -0.2) is 0 Å². The van der Waals surface area contributed by atoms with Gasteiger partial charge in [0.05, 0.1) is 12.7 Å². The minimum atomic E-state index is 0.0593. The summed E-state index contributed by atoms with van der Waals surface area (Å²) in [7, 11) is 1.94. The van der Waals surface area contributed by atoms with Crippen molar-refractivity contribution in [2.75, 3.05) is 13.1 Å². The highest BCUT2D eigenvalue weighted by atomic mass is 16.5. The molecule has 0 radical (unpaired) electrons. The number of rotatable bonds is 5. The van der Waals surface area contributed by atoms with Crippen LogP contribution in [0.3, 0.4) is 0 Å². The summed E-state index contributed by atoms with van der Waals surface area (Å²) in [6.45, 7) is 2.13. The average Bonchev–Trinajstić information content (AvgIpc) is 3.42. The second-order valence-electron chi connectivity index (χ2n) is 7.14. The molecular weight excluding hydrogens is 314 g/mol. The molecule has 5 heteroatoms. The van der Waals surface area contributed by atoms with Crippen LogP contribution in [-0.2, 0) is 18.4 Å². The smallest absolute Gasteiger partial charge is 0.274 e. The van der Waals surface area contributed by atoms with Crippen molar-refractivity contribution in [1.29, 1.82) is 0 Å². The zero-order chi connectivity index (χ0) is 17.2. The lowest BCUT2D eigenvalue weighted by Gasteiger charge is -2.31. The molecule has 2 aliphatic rings. The largest absolute Gasteiger partial charge is 0.373 e. The van der Waals surface area contributed by atoms with Crippen molar-refractivity contribution in [3.05, 3.63) is 53.3 Å². The first-order chi connectivity index (χ1) is 12.2. The third-order valence-electron chi connectivity index (χ3n) is 5.19. The fourth-order valence-corrected chi connectivity index (χ4v) is 3.52. The monoisotopic (exact) mass is 339 g/mol. The molecule has 2 heterocycles. The fourth-order valence-electron chi connectivity index (χ4n) is 3.52. The molecule has 1 aliphatic heterocycles. The number of hydrogen-bond donors (Lipinski definition) is 0. The zero-order valence-electron chi connectivity index (χ0n) is 14.7. The number of hydrogen-bond acceptors (Lipinski definition) is 3. The van der Waals surface area contributed by atoms with Gasteiger partial charge in [-0.3, -0.25) is 9.48 Å². The molecule has 1 aromatic carbocycles. The Morgan fingerprint density at radius 1 is 1.16 bits per heavy atom. The van der Waals surface area contributed by atoms with Gasteiger partial charge in [-0.15, -0.1) is 0 Å². The molecule has 1 saturated carbocycles. The van der Waals surface area contributed by atoms with Gasteiger partial charge in [0.15, 0.2) is 5.69 Å². The maximum absolute atomic E-state index is 12.7. The van der Waals surface area contributed by atoms with Gasteiger partial charge in [0, 0.05) is 31.7 Å². The van der Waals surface area contributed by atoms with Crippen molar-refractivity contribution in [2.45, 2.75) is 44.3 Å². The van der Waals surface area contributed by atoms with E-state index in [1.54, 1.807) is 0 Å². The fraction of sp³-hybridized carbons (Fsp3) is 0.500. The van der Waals surface area contributed by atoms with Crippen LogP contribution >= 0.6 is 0 Å². The number of benzene rings is 1. The number of likely N-dealkylation sites (tertiary alicyclic amines) is 1. The van der Waals surface area contributed by atoms with E-state index in [0.717, 1.165) is 25.9 Å². The molecule has 2 aromatic rings. The highest BCUT2D eigenvalue weighted by molar-refractivity contribution is 5.92. The van der Waals surface area contributed by atoms with Crippen LogP contribution in [0.15, 0.2) is 36.4 Å². The Morgan fingerprint density at radius 2 is 1.88 bits per heavy atom. The molecule has 0 bridgehead atoms. The van der Waals surface area contributed by atoms with Gasteiger partial charge < -0.3 is 9.64 Å². The Labute approximate surface area is 148 Å². The molecule has 0 spiro atoms. The third-order valence-corrected chi connectivity index (χ3v) is 5.19. The van der Waals surface area contributed by atoms with Crippen molar-refractivity contribution in [3.63, 3.8) is 0 Å². The molecular formula is C20H25N3O2. The number of ether oxygens (including phenoxy) is 1. The molecule has 0 atom stereocenters. The summed E-state index contributed by atoms with van der Waals surface area (Å²) in [5, 5.41) is 4.44. The average molecular weight is 339 g/mol. The Kier molecular flexibility index (Phi) is 4.57. The molecule has 4 rings (SSSR count). The Bertz CT molecular complexity index is 729. The van der Waals surface area contributed by atoms with Crippen LogP contribution < -0.4 is 0 Å². The maximum atomic E-state index is 12.7. The molecule has 1 aliphatic carbocycles. The van der Waals surface area contributed by atoms with Crippen LogP contribution in [0.5, 0.6) is 0 Å². The van der Waals surface area contributed by atoms with E-state index < -0.39 is 0 Å². The second-order valence-corrected chi connectivity index (χ2v) is 7.14. The lowest BCUT2D eigenvalue weighted by molar-refractivity contribution is -0.000523. The van der Waals surface area contributed by atoms with Gasteiger partial charge in [-0.2, -0.15) is 5.10 Å². The van der Waals surface area contributed by atoms with E-state index in [1.807, 2.05) is 40.9 Å². The number of piperidine rings is 1. The topological polar surface area (TPSA) is 47.4 Å². The van der Waals surface area contributed by atoms with E-state index in [1.165, 1.54) is 24.1 Å². The van der Waals surface area contributed by atoms with Crippen LogP contribution in [0, 0.1) is 0 Å². The summed E-state index contributed by atoms with van der Waals surface area (Å²) in [6, 6.07) is 12.2. The molecule has 1 saturated heterocycles. The number of nitrogens with zero attached hydrogens (tertiary/aromatic N) is 3. The first-order valence-corrected chi connectivity index (χ1v) is 9.19. The molecule has 5 nitrogen and oxygen atoms in total. The van der Waals surface area contributed by atoms with Crippen molar-refractivity contribution in [2.24, 2.45) is 7.05 Å². The van der Waals surface area contributed by atoms with Crippen LogP contribution in [-0.4, -0.2) is 39.8 Å². The molecule has 2 fully saturated rings. The number of carbonyl (C=O) groups excluding carboxylic acids is 1. The van der Waals surface area contributed by atoms with Gasteiger partial charge in [-0.05, 0) is 37.3 Å². The van der Waals surface area contributed by atoms with Crippen molar-refractivity contribution in [1.82, 2.24) is 14.7 Å². The van der Waals surface area contributed by atoms with E-state index in [2.05, 4.69) is 17.2 Å². The van der Waals surface area contributed by atoms with E-state index in [0.29, 0.717) is 18.2 Å². The van der Waals surface area contributed by atoms with Crippen molar-refractivity contribution < 1.29 is 9.53 Å². The highest BCUT2D eigenvalue weighted by Crippen LogP contribution is 2.40. The van der Waals surface area contributed by atoms with Gasteiger partial charge in [0.25, 0.3) is 5.91 Å². The summed E-state index contributed by atoms with van der Waals surface area (Å²) in [4.78, 5) is 14.6. The van der Waals surface area contributed by atoms with E-state index in [-0.39, 0.29) is 12.0 Å². The Morgan fingerprint density at radius 3 is 2.56 bits per heavy atom. The van der Waals surface area contributed by atoms with Gasteiger partial charge in [0.2, 0.25) is 0 Å². The predicted molar refractivity (Wildman–Crippen MR) is 95.3 cm³/mol. The summed E-state index contributed by atoms with van der Waals surface area (Å²) in [5.41, 5.74) is 2.99. The van der Waals surface area contributed by atoms with E-state index >= 15 is 0 Å². The maximum Gasteiger partial charge on any atom is 0.274 e. The lowest BCUT2D eigenvalue weighted by Crippen LogP contribution is -2.41. The van der Waals surface area contributed by atoms with Crippen LogP contribution in [0.25, 0.3) is 0 Å². The number of carbonyl (C=O) groups is 1.